The summed E-state index contributed by atoms with van der Waals surface area (Å²) in [5, 5.41) is 16.5. The predicted octanol–water partition coefficient (Wildman–Crippen LogP) is 4.17. The van der Waals surface area contributed by atoms with E-state index in [1.54, 1.807) is 6.07 Å². The molecule has 8 nitrogen and oxygen atoms in total. The fourth-order valence-corrected chi connectivity index (χ4v) is 5.50. The molecule has 2 bridgehead atoms. The first-order chi connectivity index (χ1) is 19.6. The third-order valence-corrected chi connectivity index (χ3v) is 7.54. The first-order valence-corrected chi connectivity index (χ1v) is 13.1. The Balaban J connectivity index is 0.000000616. The summed E-state index contributed by atoms with van der Waals surface area (Å²) in [6.45, 7) is 0.514. The van der Waals surface area contributed by atoms with E-state index in [4.69, 9.17) is 15.6 Å². The van der Waals surface area contributed by atoms with Crippen LogP contribution in [0.3, 0.4) is 0 Å². The number of aliphatic hydroxyl groups excluding tert-OH is 1. The van der Waals surface area contributed by atoms with Crippen LogP contribution in [0.1, 0.15) is 58.6 Å². The number of nitrogens with two attached hydrogens (primary N) is 1. The lowest BCUT2D eigenvalue weighted by Crippen LogP contribution is -2.47. The maximum atomic E-state index is 12.8. The second-order valence-corrected chi connectivity index (χ2v) is 10.3. The maximum Gasteiger partial charge on any atom is 0.490 e. The number of piperidine rings is 1. The predicted molar refractivity (Wildman–Crippen MR) is 138 cm³/mol. The van der Waals surface area contributed by atoms with Gasteiger partial charge in [0.1, 0.15) is 6.61 Å². The summed E-state index contributed by atoms with van der Waals surface area (Å²) in [6.07, 6.45) is -5.48. The van der Waals surface area contributed by atoms with Gasteiger partial charge in [-0.1, -0.05) is 24.3 Å². The number of hydrogen-bond donors (Lipinski definition) is 3. The summed E-state index contributed by atoms with van der Waals surface area (Å²) in [7, 11) is 0. The van der Waals surface area contributed by atoms with Gasteiger partial charge in [0.25, 0.3) is 0 Å². The van der Waals surface area contributed by atoms with Crippen molar-refractivity contribution in [2.75, 3.05) is 19.7 Å². The summed E-state index contributed by atoms with van der Waals surface area (Å²) >= 11 is 0. The van der Waals surface area contributed by atoms with Crippen LogP contribution in [0.2, 0.25) is 0 Å². The number of aliphatic carboxylic acids is 1. The Labute approximate surface area is 237 Å². The largest absolute Gasteiger partial charge is 0.490 e. The number of carboxylic acid groups (broad SMARTS) is 1. The van der Waals surface area contributed by atoms with Crippen LogP contribution in [0.5, 0.6) is 0 Å². The van der Waals surface area contributed by atoms with E-state index < -0.39 is 42.3 Å². The average molecular weight is 604 g/mol. The van der Waals surface area contributed by atoms with Crippen molar-refractivity contribution in [2.45, 2.75) is 62.6 Å². The molecule has 2 aromatic carbocycles. The van der Waals surface area contributed by atoms with Crippen molar-refractivity contribution in [1.29, 1.82) is 0 Å². The molecule has 2 unspecified atom stereocenters. The molecule has 4 N–H and O–H groups in total. The Morgan fingerprint density at radius 3 is 2.00 bits per heavy atom. The minimum absolute atomic E-state index is 0.142. The molecular formula is C28H31F6N3O5. The number of carbonyl (C=O) groups is 3. The number of rotatable bonds is 8. The number of fused-ring (bicyclic) bond motifs is 2. The summed E-state index contributed by atoms with van der Waals surface area (Å²) in [6, 6.07) is 13.0. The van der Waals surface area contributed by atoms with Gasteiger partial charge in [0, 0.05) is 37.3 Å². The topological polar surface area (TPSA) is 124 Å². The van der Waals surface area contributed by atoms with Gasteiger partial charge in [0.05, 0.1) is 5.56 Å². The van der Waals surface area contributed by atoms with Crippen LogP contribution in [0.4, 0.5) is 26.3 Å². The maximum absolute atomic E-state index is 12.8. The van der Waals surface area contributed by atoms with Crippen LogP contribution >= 0.6 is 0 Å². The molecule has 2 aromatic rings. The van der Waals surface area contributed by atoms with Gasteiger partial charge in [0.2, 0.25) is 11.8 Å². The van der Waals surface area contributed by atoms with Crippen molar-refractivity contribution in [3.8, 4) is 0 Å². The number of nitrogens with zero attached hydrogens (tertiary/aromatic N) is 2. The van der Waals surface area contributed by atoms with E-state index in [2.05, 4.69) is 4.90 Å². The van der Waals surface area contributed by atoms with Gasteiger partial charge < -0.3 is 20.8 Å². The fourth-order valence-electron chi connectivity index (χ4n) is 5.50. The Kier molecular flexibility index (Phi) is 10.6. The lowest BCUT2D eigenvalue weighted by atomic mass is 9.84. The van der Waals surface area contributed by atoms with Crippen LogP contribution in [-0.4, -0.2) is 75.8 Å². The molecule has 42 heavy (non-hydrogen) atoms. The van der Waals surface area contributed by atoms with E-state index in [-0.39, 0.29) is 6.54 Å². The van der Waals surface area contributed by atoms with E-state index in [9.17, 15) is 41.0 Å². The highest BCUT2D eigenvalue weighted by Gasteiger charge is 2.41. The van der Waals surface area contributed by atoms with Gasteiger partial charge >= 0.3 is 18.3 Å². The van der Waals surface area contributed by atoms with Gasteiger partial charge in [-0.25, -0.2) is 4.79 Å². The second-order valence-electron chi connectivity index (χ2n) is 10.3. The molecule has 0 radical (unpaired) electrons. The Morgan fingerprint density at radius 1 is 0.952 bits per heavy atom. The standard InChI is InChI=1S/C26H30F3N3O3.C2HF3O2/c27-26(28,29)21-6-4-17(5-7-21)15-31(24(34)16-33)10-11-32-22-8-9-23(32)14-20(13-22)18-2-1-3-19(12-18)25(30)35;3-2(4,5)1(6)7/h1-7,12,20,22-23,33H,8-11,13-16H2,(H2,30,35);(H,6,7). The van der Waals surface area contributed by atoms with Crippen molar-refractivity contribution in [2.24, 2.45) is 5.73 Å². The van der Waals surface area contributed by atoms with Crippen molar-refractivity contribution >= 4 is 17.8 Å². The zero-order valence-electron chi connectivity index (χ0n) is 22.4. The van der Waals surface area contributed by atoms with Crippen LogP contribution < -0.4 is 5.73 Å². The van der Waals surface area contributed by atoms with E-state index >= 15 is 0 Å². The Morgan fingerprint density at radius 2 is 1.52 bits per heavy atom. The highest BCUT2D eigenvalue weighted by Crippen LogP contribution is 2.43. The number of carbonyl (C=O) groups excluding carboxylic acids is 2. The molecule has 2 saturated heterocycles. The number of carboxylic acids is 1. The summed E-state index contributed by atoms with van der Waals surface area (Å²) in [4.78, 5) is 36.7. The van der Waals surface area contributed by atoms with Crippen LogP contribution in [0, 0.1) is 0 Å². The molecule has 230 valence electrons. The van der Waals surface area contributed by atoms with Crippen LogP contribution in [-0.2, 0) is 22.3 Å². The molecule has 0 aromatic heterocycles. The molecule has 2 heterocycles. The van der Waals surface area contributed by atoms with Gasteiger partial charge in [-0.15, -0.1) is 0 Å². The lowest BCUT2D eigenvalue weighted by Gasteiger charge is -2.40. The lowest BCUT2D eigenvalue weighted by molar-refractivity contribution is -0.192. The number of alkyl halides is 6. The quantitative estimate of drug-likeness (QED) is 0.390. The summed E-state index contributed by atoms with van der Waals surface area (Å²) in [5.41, 5.74) is 6.92. The number of amides is 2. The molecule has 0 aliphatic carbocycles. The Bertz CT molecular complexity index is 1240. The smallest absolute Gasteiger partial charge is 0.475 e. The number of benzene rings is 2. The molecular weight excluding hydrogens is 572 g/mol. The number of hydrogen-bond acceptors (Lipinski definition) is 5. The third kappa shape index (κ3) is 8.68. The van der Waals surface area contributed by atoms with Gasteiger partial charge in [-0.2, -0.15) is 26.3 Å². The van der Waals surface area contributed by atoms with Gasteiger partial charge in [-0.3, -0.25) is 14.5 Å². The fraction of sp³-hybridized carbons (Fsp3) is 0.464. The zero-order valence-corrected chi connectivity index (χ0v) is 22.4. The molecule has 2 fully saturated rings. The summed E-state index contributed by atoms with van der Waals surface area (Å²) < 4.78 is 70.3. The van der Waals surface area contributed by atoms with Crippen molar-refractivity contribution in [1.82, 2.24) is 9.80 Å². The van der Waals surface area contributed by atoms with Crippen molar-refractivity contribution in [3.63, 3.8) is 0 Å². The van der Waals surface area contributed by atoms with Crippen molar-refractivity contribution in [3.05, 3.63) is 70.8 Å². The van der Waals surface area contributed by atoms with Gasteiger partial charge in [-0.05, 0) is 67.0 Å². The van der Waals surface area contributed by atoms with Crippen molar-refractivity contribution < 1.29 is 50.9 Å². The summed E-state index contributed by atoms with van der Waals surface area (Å²) in [5.74, 6) is -3.30. The van der Waals surface area contributed by atoms with Crippen LogP contribution in [0.15, 0.2) is 48.5 Å². The monoisotopic (exact) mass is 603 g/mol. The normalized spacial score (nSPS) is 20.4. The van der Waals surface area contributed by atoms with E-state index in [1.165, 1.54) is 17.0 Å². The zero-order chi connectivity index (χ0) is 31.2. The molecule has 2 aliphatic heterocycles. The second kappa shape index (κ2) is 13.6. The molecule has 14 heteroatoms. The minimum Gasteiger partial charge on any atom is -0.475 e. The molecule has 2 aliphatic rings. The third-order valence-electron chi connectivity index (χ3n) is 7.54. The minimum atomic E-state index is -5.08. The van der Waals surface area contributed by atoms with E-state index in [1.807, 2.05) is 18.2 Å². The van der Waals surface area contributed by atoms with E-state index in [0.717, 1.165) is 43.4 Å². The SMILES string of the molecule is NC(=O)c1cccc(C2CC3CCC(C2)N3CCN(Cc2ccc(C(F)(F)F)cc2)C(=O)CO)c1.O=C(O)C(F)(F)F. The molecule has 2 amide bonds. The highest BCUT2D eigenvalue weighted by atomic mass is 19.4. The van der Waals surface area contributed by atoms with Crippen LogP contribution in [0.25, 0.3) is 0 Å². The average Bonchev–Trinajstić information content (AvgIpc) is 3.16. The first kappa shape index (κ1) is 32.9. The molecule has 2 atom stereocenters. The molecule has 4 rings (SSSR count). The number of halogens is 6. The number of aliphatic hydroxyl groups is 1. The Hall–Kier alpha value is -3.65. The molecule has 0 spiro atoms. The molecule has 0 saturated carbocycles. The van der Waals surface area contributed by atoms with E-state index in [0.29, 0.717) is 42.2 Å². The van der Waals surface area contributed by atoms with Gasteiger partial charge in [0.15, 0.2) is 0 Å². The first-order valence-electron chi connectivity index (χ1n) is 13.1. The highest BCUT2D eigenvalue weighted by molar-refractivity contribution is 5.92. The number of primary amides is 1.